The van der Waals surface area contributed by atoms with Gasteiger partial charge >= 0.3 is 0 Å². The van der Waals surface area contributed by atoms with Crippen molar-refractivity contribution < 1.29 is 5.11 Å². The van der Waals surface area contributed by atoms with Crippen molar-refractivity contribution in [3.8, 4) is 5.75 Å². The van der Waals surface area contributed by atoms with Gasteiger partial charge < -0.3 is 10.8 Å². The predicted molar refractivity (Wildman–Crippen MR) is 53.0 cm³/mol. The van der Waals surface area contributed by atoms with Crippen molar-refractivity contribution in [3.63, 3.8) is 0 Å². The molecule has 0 fully saturated rings. The normalized spacial score (nSPS) is 11.9. The van der Waals surface area contributed by atoms with Crippen molar-refractivity contribution in [2.45, 2.75) is 13.0 Å². The van der Waals surface area contributed by atoms with E-state index < -0.39 is 0 Å². The van der Waals surface area contributed by atoms with Crippen molar-refractivity contribution in [3.05, 3.63) is 28.8 Å². The van der Waals surface area contributed by atoms with Crippen molar-refractivity contribution in [1.82, 2.24) is 0 Å². The first-order valence-corrected chi connectivity index (χ1v) is 3.73. The molecular formula is C8H11Cl2NO. The molecule has 0 bridgehead atoms. The number of benzene rings is 1. The van der Waals surface area contributed by atoms with Gasteiger partial charge in [0.2, 0.25) is 0 Å². The summed E-state index contributed by atoms with van der Waals surface area (Å²) in [6.07, 6.45) is 0. The number of nitrogens with two attached hydrogens (primary N) is 1. The van der Waals surface area contributed by atoms with Crippen LogP contribution in [0.15, 0.2) is 18.2 Å². The smallest absolute Gasteiger partial charge is 0.134 e. The van der Waals surface area contributed by atoms with Gasteiger partial charge in [0.05, 0.1) is 5.02 Å². The zero-order chi connectivity index (χ0) is 8.43. The third kappa shape index (κ3) is 2.55. The first-order chi connectivity index (χ1) is 5.11. The van der Waals surface area contributed by atoms with E-state index in [0.717, 1.165) is 5.56 Å². The summed E-state index contributed by atoms with van der Waals surface area (Å²) in [5.74, 6) is 0.0936. The minimum Gasteiger partial charge on any atom is -0.506 e. The number of rotatable bonds is 1. The van der Waals surface area contributed by atoms with E-state index in [1.807, 2.05) is 6.92 Å². The molecule has 0 aliphatic rings. The molecule has 0 unspecified atom stereocenters. The van der Waals surface area contributed by atoms with E-state index in [1.165, 1.54) is 0 Å². The van der Waals surface area contributed by atoms with Crippen molar-refractivity contribution >= 4 is 24.0 Å². The van der Waals surface area contributed by atoms with E-state index in [4.69, 9.17) is 22.4 Å². The third-order valence-electron chi connectivity index (χ3n) is 1.50. The molecule has 0 heterocycles. The van der Waals surface area contributed by atoms with Crippen LogP contribution >= 0.6 is 24.0 Å². The SMILES string of the molecule is C[C@@H](N)c1ccc(O)c(Cl)c1.Cl. The van der Waals surface area contributed by atoms with E-state index >= 15 is 0 Å². The van der Waals surface area contributed by atoms with Crippen LogP contribution in [0.25, 0.3) is 0 Å². The molecule has 0 saturated heterocycles. The van der Waals surface area contributed by atoms with Crippen LogP contribution in [0.3, 0.4) is 0 Å². The Balaban J connectivity index is 0.00000121. The molecule has 1 atom stereocenters. The van der Waals surface area contributed by atoms with Gasteiger partial charge in [-0.2, -0.15) is 0 Å². The van der Waals surface area contributed by atoms with Gasteiger partial charge in [0.15, 0.2) is 0 Å². The van der Waals surface area contributed by atoms with Gasteiger partial charge in [-0.05, 0) is 24.6 Å². The number of phenols is 1. The topological polar surface area (TPSA) is 46.2 Å². The molecule has 12 heavy (non-hydrogen) atoms. The zero-order valence-corrected chi connectivity index (χ0v) is 8.19. The maximum absolute atomic E-state index is 9.05. The Morgan fingerprint density at radius 2 is 2.08 bits per heavy atom. The Labute approximate surface area is 82.8 Å². The Morgan fingerprint density at radius 1 is 1.50 bits per heavy atom. The van der Waals surface area contributed by atoms with Gasteiger partial charge in [-0.15, -0.1) is 12.4 Å². The third-order valence-corrected chi connectivity index (χ3v) is 1.80. The average Bonchev–Trinajstić information content (AvgIpc) is 1.94. The van der Waals surface area contributed by atoms with Crippen LogP contribution in [0.4, 0.5) is 0 Å². The highest BCUT2D eigenvalue weighted by Gasteiger charge is 2.02. The second kappa shape index (κ2) is 4.55. The molecule has 0 aliphatic heterocycles. The lowest BCUT2D eigenvalue weighted by Gasteiger charge is -2.05. The highest BCUT2D eigenvalue weighted by Crippen LogP contribution is 2.25. The number of phenolic OH excluding ortho intramolecular Hbond substituents is 1. The summed E-state index contributed by atoms with van der Waals surface area (Å²) in [5.41, 5.74) is 6.52. The summed E-state index contributed by atoms with van der Waals surface area (Å²) in [6.45, 7) is 1.86. The van der Waals surface area contributed by atoms with Crippen LogP contribution in [0.2, 0.25) is 5.02 Å². The van der Waals surface area contributed by atoms with Gasteiger partial charge in [-0.3, -0.25) is 0 Å². The van der Waals surface area contributed by atoms with E-state index in [2.05, 4.69) is 0 Å². The van der Waals surface area contributed by atoms with Crippen molar-refractivity contribution in [2.75, 3.05) is 0 Å². The number of aromatic hydroxyl groups is 1. The summed E-state index contributed by atoms with van der Waals surface area (Å²) in [7, 11) is 0. The molecule has 1 aromatic carbocycles. The van der Waals surface area contributed by atoms with Gasteiger partial charge in [0, 0.05) is 6.04 Å². The molecule has 3 N–H and O–H groups in total. The van der Waals surface area contributed by atoms with Crippen LogP contribution in [0.1, 0.15) is 18.5 Å². The minimum atomic E-state index is -0.0481. The van der Waals surface area contributed by atoms with Crippen LogP contribution in [-0.4, -0.2) is 5.11 Å². The van der Waals surface area contributed by atoms with Crippen LogP contribution in [0, 0.1) is 0 Å². The van der Waals surface area contributed by atoms with E-state index in [9.17, 15) is 0 Å². The molecule has 2 nitrogen and oxygen atoms in total. The molecule has 0 radical (unpaired) electrons. The molecule has 0 aliphatic carbocycles. The monoisotopic (exact) mass is 207 g/mol. The Kier molecular flexibility index (Phi) is 4.39. The average molecular weight is 208 g/mol. The lowest BCUT2D eigenvalue weighted by Crippen LogP contribution is -2.04. The molecule has 0 aromatic heterocycles. The number of halogens is 2. The number of hydrogen-bond acceptors (Lipinski definition) is 2. The molecule has 68 valence electrons. The van der Waals surface area contributed by atoms with E-state index in [-0.39, 0.29) is 24.2 Å². The quantitative estimate of drug-likeness (QED) is 0.744. The summed E-state index contributed by atoms with van der Waals surface area (Å²) < 4.78 is 0. The molecule has 0 amide bonds. The summed E-state index contributed by atoms with van der Waals surface area (Å²) in [5, 5.41) is 9.40. The van der Waals surface area contributed by atoms with Crippen LogP contribution in [-0.2, 0) is 0 Å². The maximum atomic E-state index is 9.05. The fraction of sp³-hybridized carbons (Fsp3) is 0.250. The van der Waals surface area contributed by atoms with Gasteiger partial charge in [0.25, 0.3) is 0 Å². The fourth-order valence-electron chi connectivity index (χ4n) is 0.806. The van der Waals surface area contributed by atoms with Gasteiger partial charge in [-0.25, -0.2) is 0 Å². The Morgan fingerprint density at radius 3 is 2.50 bits per heavy atom. The standard InChI is InChI=1S/C8H10ClNO.ClH/c1-5(10)6-2-3-8(11)7(9)4-6;/h2-5,11H,10H2,1H3;1H/t5-;/m1./s1. The summed E-state index contributed by atoms with van der Waals surface area (Å²) >= 11 is 5.65. The summed E-state index contributed by atoms with van der Waals surface area (Å²) in [6, 6.07) is 4.92. The molecule has 4 heteroatoms. The van der Waals surface area contributed by atoms with E-state index in [0.29, 0.717) is 5.02 Å². The second-order valence-corrected chi connectivity index (χ2v) is 2.91. The van der Waals surface area contributed by atoms with Gasteiger partial charge in [-0.1, -0.05) is 17.7 Å². The Hall–Kier alpha value is -0.440. The molecular weight excluding hydrogens is 197 g/mol. The van der Waals surface area contributed by atoms with Crippen LogP contribution in [0.5, 0.6) is 5.75 Å². The summed E-state index contributed by atoms with van der Waals surface area (Å²) in [4.78, 5) is 0. The van der Waals surface area contributed by atoms with E-state index in [1.54, 1.807) is 18.2 Å². The second-order valence-electron chi connectivity index (χ2n) is 2.50. The molecule has 1 rings (SSSR count). The zero-order valence-electron chi connectivity index (χ0n) is 6.62. The largest absolute Gasteiger partial charge is 0.506 e. The predicted octanol–water partition coefficient (Wildman–Crippen LogP) is 2.49. The Bertz CT molecular complexity index is 263. The number of hydrogen-bond donors (Lipinski definition) is 2. The fourth-order valence-corrected chi connectivity index (χ4v) is 0.995. The molecule has 0 spiro atoms. The highest BCUT2D eigenvalue weighted by atomic mass is 35.5. The minimum absolute atomic E-state index is 0. The van der Waals surface area contributed by atoms with Crippen molar-refractivity contribution in [2.24, 2.45) is 5.73 Å². The maximum Gasteiger partial charge on any atom is 0.134 e. The lowest BCUT2D eigenvalue weighted by molar-refractivity contribution is 0.475. The van der Waals surface area contributed by atoms with Gasteiger partial charge in [0.1, 0.15) is 5.75 Å². The van der Waals surface area contributed by atoms with Crippen molar-refractivity contribution in [1.29, 1.82) is 0 Å². The first-order valence-electron chi connectivity index (χ1n) is 3.35. The lowest BCUT2D eigenvalue weighted by atomic mass is 10.1. The molecule has 1 aromatic rings. The van der Waals surface area contributed by atoms with Crippen LogP contribution < -0.4 is 5.73 Å². The highest BCUT2D eigenvalue weighted by molar-refractivity contribution is 6.32. The molecule has 0 saturated carbocycles. The first kappa shape index (κ1) is 11.6.